The zero-order chi connectivity index (χ0) is 24.2. The van der Waals surface area contributed by atoms with Crippen molar-refractivity contribution in [2.75, 3.05) is 25.0 Å². The zero-order valence-corrected chi connectivity index (χ0v) is 20.5. The summed E-state index contributed by atoms with van der Waals surface area (Å²) in [6.45, 7) is 8.42. The number of nitrogens with zero attached hydrogens (tertiary/aromatic N) is 2. The summed E-state index contributed by atoms with van der Waals surface area (Å²) < 4.78 is 14.8. The SMILES string of the molecule is Cc1c(NC(=O)[C@@H](C)c2ccccc2)ccc(F)c1CN1CCN(C(=O)C2CCCC2)[C@@H](C)C1.[HH]. The topological polar surface area (TPSA) is 52.7 Å². The van der Waals surface area contributed by atoms with Crippen molar-refractivity contribution in [2.45, 2.75) is 65.0 Å². The van der Waals surface area contributed by atoms with Crippen LogP contribution in [0.2, 0.25) is 0 Å². The molecule has 1 aliphatic heterocycles. The molecule has 0 unspecified atom stereocenters. The molecule has 6 heteroatoms. The predicted molar refractivity (Wildman–Crippen MR) is 135 cm³/mol. The van der Waals surface area contributed by atoms with E-state index in [9.17, 15) is 14.0 Å². The Hall–Kier alpha value is -2.73. The summed E-state index contributed by atoms with van der Waals surface area (Å²) in [6, 6.07) is 12.8. The number of amides is 2. The lowest BCUT2D eigenvalue weighted by atomic mass is 9.99. The first-order valence-electron chi connectivity index (χ1n) is 12.5. The van der Waals surface area contributed by atoms with Crippen molar-refractivity contribution < 1.29 is 15.4 Å². The summed E-state index contributed by atoms with van der Waals surface area (Å²) in [5.41, 5.74) is 2.95. The Bertz CT molecular complexity index is 1030. The highest BCUT2D eigenvalue weighted by Crippen LogP contribution is 2.29. The van der Waals surface area contributed by atoms with Gasteiger partial charge >= 0.3 is 0 Å². The molecule has 2 aliphatic rings. The van der Waals surface area contributed by atoms with E-state index < -0.39 is 0 Å². The molecule has 2 atom stereocenters. The number of rotatable bonds is 6. The molecule has 1 N–H and O–H groups in total. The van der Waals surface area contributed by atoms with Crippen LogP contribution in [0, 0.1) is 18.7 Å². The molecule has 1 heterocycles. The highest BCUT2D eigenvalue weighted by Gasteiger charge is 2.33. The van der Waals surface area contributed by atoms with Crippen LogP contribution < -0.4 is 5.32 Å². The molecular weight excluding hydrogens is 429 g/mol. The number of carbonyl (C=O) groups is 2. The average molecular weight is 468 g/mol. The van der Waals surface area contributed by atoms with Gasteiger partial charge in [-0.05, 0) is 56.9 Å². The maximum absolute atomic E-state index is 14.8. The molecule has 2 amide bonds. The van der Waals surface area contributed by atoms with Crippen molar-refractivity contribution in [3.05, 3.63) is 65.0 Å². The molecular formula is C28H38FN3O2. The Morgan fingerprint density at radius 1 is 1.12 bits per heavy atom. The van der Waals surface area contributed by atoms with Gasteiger partial charge < -0.3 is 10.2 Å². The molecule has 0 radical (unpaired) electrons. The fourth-order valence-corrected chi connectivity index (χ4v) is 5.32. The van der Waals surface area contributed by atoms with Crippen molar-refractivity contribution in [3.8, 4) is 0 Å². The van der Waals surface area contributed by atoms with Crippen LogP contribution in [-0.4, -0.2) is 47.3 Å². The van der Waals surface area contributed by atoms with Crippen LogP contribution in [0.4, 0.5) is 10.1 Å². The molecule has 0 aromatic heterocycles. The van der Waals surface area contributed by atoms with Crippen LogP contribution in [0.5, 0.6) is 0 Å². The minimum absolute atomic E-state index is 0. The van der Waals surface area contributed by atoms with Gasteiger partial charge in [0.25, 0.3) is 0 Å². The van der Waals surface area contributed by atoms with E-state index in [4.69, 9.17) is 0 Å². The quantitative estimate of drug-likeness (QED) is 0.624. The molecule has 184 valence electrons. The van der Waals surface area contributed by atoms with Gasteiger partial charge in [-0.2, -0.15) is 0 Å². The number of halogens is 1. The highest BCUT2D eigenvalue weighted by molar-refractivity contribution is 5.96. The first kappa shape index (κ1) is 24.4. The minimum Gasteiger partial charge on any atom is -0.337 e. The van der Waals surface area contributed by atoms with Gasteiger partial charge in [-0.15, -0.1) is 0 Å². The first-order valence-corrected chi connectivity index (χ1v) is 12.5. The monoisotopic (exact) mass is 467 g/mol. The van der Waals surface area contributed by atoms with E-state index >= 15 is 0 Å². The summed E-state index contributed by atoms with van der Waals surface area (Å²) in [5, 5.41) is 3.00. The minimum atomic E-state index is -0.305. The average Bonchev–Trinajstić information content (AvgIpc) is 3.38. The lowest BCUT2D eigenvalue weighted by Gasteiger charge is -2.41. The Kier molecular flexibility index (Phi) is 7.67. The van der Waals surface area contributed by atoms with Gasteiger partial charge in [-0.1, -0.05) is 43.2 Å². The van der Waals surface area contributed by atoms with Gasteiger partial charge in [0.05, 0.1) is 5.92 Å². The van der Waals surface area contributed by atoms with E-state index in [1.165, 1.54) is 6.07 Å². The fourth-order valence-electron chi connectivity index (χ4n) is 5.32. The number of piperazine rings is 1. The van der Waals surface area contributed by atoms with Crippen molar-refractivity contribution in [1.82, 2.24) is 9.80 Å². The van der Waals surface area contributed by atoms with Crippen molar-refractivity contribution in [2.24, 2.45) is 5.92 Å². The maximum atomic E-state index is 14.8. The third kappa shape index (κ3) is 5.33. The van der Waals surface area contributed by atoms with Crippen LogP contribution in [0.1, 0.15) is 63.6 Å². The number of anilines is 1. The lowest BCUT2D eigenvalue weighted by molar-refractivity contribution is -0.140. The number of nitrogens with one attached hydrogen (secondary N) is 1. The van der Waals surface area contributed by atoms with Gasteiger partial charge in [-0.25, -0.2) is 4.39 Å². The van der Waals surface area contributed by atoms with Crippen molar-refractivity contribution >= 4 is 17.5 Å². The summed E-state index contributed by atoms with van der Waals surface area (Å²) in [7, 11) is 0. The van der Waals surface area contributed by atoms with E-state index in [0.29, 0.717) is 30.2 Å². The predicted octanol–water partition coefficient (Wildman–Crippen LogP) is 5.35. The van der Waals surface area contributed by atoms with E-state index in [0.717, 1.165) is 49.9 Å². The van der Waals surface area contributed by atoms with Gasteiger partial charge in [0, 0.05) is 50.8 Å². The van der Waals surface area contributed by atoms with Crippen LogP contribution in [-0.2, 0) is 16.1 Å². The Morgan fingerprint density at radius 2 is 1.82 bits per heavy atom. The summed E-state index contributed by atoms with van der Waals surface area (Å²) in [4.78, 5) is 30.0. The van der Waals surface area contributed by atoms with Gasteiger partial charge in [0.15, 0.2) is 0 Å². The number of carbonyl (C=O) groups excluding carboxylic acids is 2. The first-order chi connectivity index (χ1) is 16.3. The molecule has 4 rings (SSSR count). The van der Waals surface area contributed by atoms with Gasteiger partial charge in [0.1, 0.15) is 5.82 Å². The lowest BCUT2D eigenvalue weighted by Crippen LogP contribution is -2.54. The largest absolute Gasteiger partial charge is 0.337 e. The van der Waals surface area contributed by atoms with Crippen LogP contribution in [0.15, 0.2) is 42.5 Å². The summed E-state index contributed by atoms with van der Waals surface area (Å²) in [6.07, 6.45) is 4.33. The zero-order valence-electron chi connectivity index (χ0n) is 20.5. The second-order valence-corrected chi connectivity index (χ2v) is 9.92. The van der Waals surface area contributed by atoms with Crippen molar-refractivity contribution in [3.63, 3.8) is 0 Å². The van der Waals surface area contributed by atoms with Gasteiger partial charge in [0.2, 0.25) is 11.8 Å². The molecule has 5 nitrogen and oxygen atoms in total. The molecule has 2 aromatic carbocycles. The van der Waals surface area contributed by atoms with Gasteiger partial charge in [-0.3, -0.25) is 14.5 Å². The van der Waals surface area contributed by atoms with Crippen LogP contribution in [0.3, 0.4) is 0 Å². The third-order valence-electron chi connectivity index (χ3n) is 7.57. The van der Waals surface area contributed by atoms with Crippen molar-refractivity contribution in [1.29, 1.82) is 0 Å². The Labute approximate surface area is 203 Å². The van der Waals surface area contributed by atoms with E-state index in [1.807, 2.05) is 49.1 Å². The summed E-state index contributed by atoms with van der Waals surface area (Å²) >= 11 is 0. The standard InChI is InChI=1S/C28H36FN3O2.H2/c1-19-17-31(15-16-32(19)28(34)23-11-7-8-12-23)18-24-21(3)26(14-13-25(24)29)30-27(33)20(2)22-9-5-4-6-10-22;/h4-6,9-10,13-14,19-20,23H,7-8,11-12,15-18H2,1-3H3,(H,30,33);1H/t19-,20-;/m0./s1. The third-order valence-corrected chi connectivity index (χ3v) is 7.57. The molecule has 34 heavy (non-hydrogen) atoms. The molecule has 2 fully saturated rings. The normalized spacial score (nSPS) is 20.4. The maximum Gasteiger partial charge on any atom is 0.231 e. The number of hydrogen-bond donors (Lipinski definition) is 1. The molecule has 1 aliphatic carbocycles. The molecule has 0 bridgehead atoms. The molecule has 1 saturated heterocycles. The van der Waals surface area contributed by atoms with Crippen LogP contribution in [0.25, 0.3) is 0 Å². The smallest absolute Gasteiger partial charge is 0.231 e. The van der Waals surface area contributed by atoms with Crippen LogP contribution >= 0.6 is 0 Å². The second kappa shape index (κ2) is 10.7. The number of hydrogen-bond acceptors (Lipinski definition) is 3. The second-order valence-electron chi connectivity index (χ2n) is 9.92. The van der Waals surface area contributed by atoms with E-state index in [-0.39, 0.29) is 31.0 Å². The Morgan fingerprint density at radius 3 is 2.50 bits per heavy atom. The Balaban J connectivity index is 0.00000342. The molecule has 1 saturated carbocycles. The van der Waals surface area contributed by atoms with E-state index in [2.05, 4.69) is 17.1 Å². The number of benzene rings is 2. The molecule has 2 aromatic rings. The molecule has 0 spiro atoms. The summed E-state index contributed by atoms with van der Waals surface area (Å²) in [5.74, 6) is -0.194. The fraction of sp³-hybridized carbons (Fsp3) is 0.500. The highest BCUT2D eigenvalue weighted by atomic mass is 19.1. The van der Waals surface area contributed by atoms with E-state index in [1.54, 1.807) is 6.07 Å².